The van der Waals surface area contributed by atoms with Gasteiger partial charge in [0.15, 0.2) is 0 Å². The van der Waals surface area contributed by atoms with Crippen LogP contribution in [-0.4, -0.2) is 16.4 Å². The minimum Gasteiger partial charge on any atom is -0.243 e. The first kappa shape index (κ1) is 18.8. The highest BCUT2D eigenvalue weighted by Gasteiger charge is 2.69. The molecule has 3 saturated carbocycles. The Morgan fingerprint density at radius 3 is 2.68 bits per heavy atom. The fraction of sp³-hybridized carbons (Fsp3) is 0.810. The monoisotopic (exact) mass is 448 g/mol. The van der Waals surface area contributed by atoms with E-state index in [0.29, 0.717) is 18.3 Å². The van der Waals surface area contributed by atoms with Crippen LogP contribution in [0.1, 0.15) is 59.3 Å². The van der Waals surface area contributed by atoms with Crippen LogP contribution < -0.4 is 0 Å². The molecule has 4 rings (SSSR count). The summed E-state index contributed by atoms with van der Waals surface area (Å²) < 4.78 is 16.4. The molecule has 0 saturated heterocycles. The lowest BCUT2D eigenvalue weighted by molar-refractivity contribution is -0.0306. The first-order chi connectivity index (χ1) is 11.7. The van der Waals surface area contributed by atoms with Gasteiger partial charge in [-0.2, -0.15) is 0 Å². The third-order valence-corrected chi connectivity index (χ3v) is 10.5. The molecule has 0 bridgehead atoms. The number of fused-ring (bicyclic) bond motifs is 5. The van der Waals surface area contributed by atoms with E-state index in [4.69, 9.17) is 23.2 Å². The third-order valence-electron chi connectivity index (χ3n) is 8.36. The Bertz CT molecular complexity index is 646. The Kier molecular flexibility index (Phi) is 4.50. The van der Waals surface area contributed by atoms with E-state index in [1.54, 1.807) is 0 Å². The van der Waals surface area contributed by atoms with Crippen molar-refractivity contribution in [1.29, 1.82) is 0 Å². The molecule has 0 aromatic heterocycles. The molecule has 0 aliphatic heterocycles. The van der Waals surface area contributed by atoms with Crippen molar-refractivity contribution < 1.29 is 4.39 Å². The smallest absolute Gasteiger partial charge is 0.122 e. The Hall–Kier alpha value is 0.470. The Balaban J connectivity index is 1.84. The van der Waals surface area contributed by atoms with E-state index in [1.165, 1.54) is 19.3 Å². The molecule has 0 aromatic carbocycles. The Morgan fingerprint density at radius 2 is 2.00 bits per heavy atom. The van der Waals surface area contributed by atoms with E-state index in [2.05, 4.69) is 48.9 Å². The molecule has 4 aliphatic carbocycles. The van der Waals surface area contributed by atoms with Crippen LogP contribution in [0, 0.1) is 28.6 Å². The molecule has 0 aromatic rings. The average Bonchev–Trinajstić information content (AvgIpc) is 2.86. The summed E-state index contributed by atoms with van der Waals surface area (Å²) in [6.45, 7) is 6.81. The highest BCUT2D eigenvalue weighted by molar-refractivity contribution is 9.11. The van der Waals surface area contributed by atoms with Crippen LogP contribution in [0.15, 0.2) is 22.2 Å². The van der Waals surface area contributed by atoms with Gasteiger partial charge in [0.2, 0.25) is 0 Å². The molecule has 3 fully saturated rings. The van der Waals surface area contributed by atoms with E-state index in [9.17, 15) is 0 Å². The molecule has 0 nitrogen and oxygen atoms in total. The SMILES string of the molecule is CC[C@@H]1CC[C@H]2[C@@H]3C[C@@H](F)C4=CCC(Br)=C[C@]4(C)[C@@]3(Cl)[C@@H](Cl)C[C@]12C. The summed E-state index contributed by atoms with van der Waals surface area (Å²) in [7, 11) is 0. The summed E-state index contributed by atoms with van der Waals surface area (Å²) in [5.74, 6) is 1.31. The van der Waals surface area contributed by atoms with Gasteiger partial charge in [-0.15, -0.1) is 23.2 Å². The lowest BCUT2D eigenvalue weighted by atomic mass is 9.46. The average molecular weight is 450 g/mol. The zero-order valence-corrected chi connectivity index (χ0v) is 18.4. The number of hydrogen-bond acceptors (Lipinski definition) is 0. The minimum atomic E-state index is -0.898. The predicted molar refractivity (Wildman–Crippen MR) is 108 cm³/mol. The maximum absolute atomic E-state index is 15.3. The number of halogens is 4. The van der Waals surface area contributed by atoms with Crippen molar-refractivity contribution in [2.24, 2.45) is 28.6 Å². The quantitative estimate of drug-likeness (QED) is 0.289. The van der Waals surface area contributed by atoms with Crippen molar-refractivity contribution in [2.45, 2.75) is 75.7 Å². The van der Waals surface area contributed by atoms with E-state index in [1.807, 2.05) is 0 Å². The van der Waals surface area contributed by atoms with Crippen LogP contribution >= 0.6 is 39.1 Å². The fourth-order valence-electron chi connectivity index (χ4n) is 7.11. The molecule has 4 aliphatic rings. The van der Waals surface area contributed by atoms with Gasteiger partial charge in [0.05, 0.1) is 10.3 Å². The minimum absolute atomic E-state index is 0.136. The third kappa shape index (κ3) is 2.29. The molecule has 0 amide bonds. The van der Waals surface area contributed by atoms with Gasteiger partial charge in [-0.1, -0.05) is 55.3 Å². The maximum Gasteiger partial charge on any atom is 0.122 e. The van der Waals surface area contributed by atoms with E-state index in [-0.39, 0.29) is 16.7 Å². The van der Waals surface area contributed by atoms with Crippen molar-refractivity contribution in [3.63, 3.8) is 0 Å². The normalized spacial score (nSPS) is 54.9. The summed E-state index contributed by atoms with van der Waals surface area (Å²) in [5, 5.41) is -0.136. The zero-order chi connectivity index (χ0) is 18.2. The van der Waals surface area contributed by atoms with Crippen LogP contribution in [-0.2, 0) is 0 Å². The first-order valence-electron chi connectivity index (χ1n) is 9.73. The molecule has 140 valence electrons. The summed E-state index contributed by atoms with van der Waals surface area (Å²) in [4.78, 5) is -0.602. The van der Waals surface area contributed by atoms with Crippen molar-refractivity contribution in [3.05, 3.63) is 22.2 Å². The van der Waals surface area contributed by atoms with Crippen LogP contribution in [0.2, 0.25) is 0 Å². The van der Waals surface area contributed by atoms with Gasteiger partial charge in [-0.3, -0.25) is 0 Å². The van der Waals surface area contributed by atoms with Crippen LogP contribution in [0.4, 0.5) is 4.39 Å². The maximum atomic E-state index is 15.3. The highest BCUT2D eigenvalue weighted by Crippen LogP contribution is 2.71. The van der Waals surface area contributed by atoms with Crippen LogP contribution in [0.3, 0.4) is 0 Å². The van der Waals surface area contributed by atoms with Gasteiger partial charge in [0.1, 0.15) is 6.17 Å². The standard InChI is InChI=1S/C21H28BrCl2F/c1-4-12-5-7-14-16-9-17(25)15-8-6-13(22)10-20(15,3)21(16,24)18(23)11-19(12,14)2/h8,10,12,14,16-18H,4-7,9,11H2,1-3H3/t12-,14+,16+,17-,18+,19-,20+,21+/m1/s1. The highest BCUT2D eigenvalue weighted by atomic mass is 79.9. The van der Waals surface area contributed by atoms with Crippen molar-refractivity contribution in [1.82, 2.24) is 0 Å². The summed E-state index contributed by atoms with van der Waals surface area (Å²) in [5.41, 5.74) is 0.560. The largest absolute Gasteiger partial charge is 0.243 e. The number of alkyl halides is 3. The molecule has 8 atom stereocenters. The van der Waals surface area contributed by atoms with E-state index in [0.717, 1.165) is 22.9 Å². The molecule has 0 unspecified atom stereocenters. The summed E-state index contributed by atoms with van der Waals surface area (Å²) >= 11 is 18.2. The topological polar surface area (TPSA) is 0 Å². The summed E-state index contributed by atoms with van der Waals surface area (Å²) in [6.07, 6.45) is 9.16. The molecule has 0 spiro atoms. The fourth-order valence-corrected chi connectivity index (χ4v) is 8.93. The molecule has 0 N–H and O–H groups in total. The Morgan fingerprint density at radius 1 is 1.28 bits per heavy atom. The van der Waals surface area contributed by atoms with Gasteiger partial charge >= 0.3 is 0 Å². The molecular formula is C21H28BrCl2F. The molecular weight excluding hydrogens is 422 g/mol. The lowest BCUT2D eigenvalue weighted by Crippen LogP contribution is -2.66. The molecule has 4 heteroatoms. The van der Waals surface area contributed by atoms with Gasteiger partial charge in [0.25, 0.3) is 0 Å². The second-order valence-electron chi connectivity index (χ2n) is 9.20. The van der Waals surface area contributed by atoms with E-state index < -0.39 is 16.5 Å². The number of allylic oxidation sites excluding steroid dienone is 4. The van der Waals surface area contributed by atoms with Gasteiger partial charge in [-0.05, 0) is 65.3 Å². The second-order valence-corrected chi connectivity index (χ2v) is 11.4. The molecule has 0 heterocycles. The van der Waals surface area contributed by atoms with E-state index >= 15 is 4.39 Å². The number of hydrogen-bond donors (Lipinski definition) is 0. The van der Waals surface area contributed by atoms with Crippen molar-refractivity contribution >= 4 is 39.1 Å². The van der Waals surface area contributed by atoms with Crippen molar-refractivity contribution in [2.75, 3.05) is 0 Å². The first-order valence-corrected chi connectivity index (χ1v) is 11.3. The number of rotatable bonds is 1. The van der Waals surface area contributed by atoms with Crippen LogP contribution in [0.25, 0.3) is 0 Å². The predicted octanol–water partition coefficient (Wildman–Crippen LogP) is 7.39. The Labute approximate surface area is 169 Å². The molecule has 25 heavy (non-hydrogen) atoms. The van der Waals surface area contributed by atoms with Crippen molar-refractivity contribution in [3.8, 4) is 0 Å². The zero-order valence-electron chi connectivity index (χ0n) is 15.3. The second kappa shape index (κ2) is 5.98. The van der Waals surface area contributed by atoms with Gasteiger partial charge < -0.3 is 0 Å². The van der Waals surface area contributed by atoms with Crippen LogP contribution in [0.5, 0.6) is 0 Å². The lowest BCUT2D eigenvalue weighted by Gasteiger charge is -2.64. The van der Waals surface area contributed by atoms with Gasteiger partial charge in [0, 0.05) is 5.41 Å². The molecule has 0 radical (unpaired) electrons. The summed E-state index contributed by atoms with van der Waals surface area (Å²) in [6, 6.07) is 0. The van der Waals surface area contributed by atoms with Gasteiger partial charge in [-0.25, -0.2) is 4.39 Å².